The summed E-state index contributed by atoms with van der Waals surface area (Å²) in [5, 5.41) is 18.7. The van der Waals surface area contributed by atoms with Crippen molar-refractivity contribution in [2.75, 3.05) is 12.4 Å². The lowest BCUT2D eigenvalue weighted by Crippen LogP contribution is -2.30. The van der Waals surface area contributed by atoms with Gasteiger partial charge in [0.25, 0.3) is 0 Å². The average molecular weight is 357 g/mol. The van der Waals surface area contributed by atoms with Crippen LogP contribution in [-0.4, -0.2) is 37.5 Å². The minimum absolute atomic E-state index is 0.135. The Morgan fingerprint density at radius 3 is 2.56 bits per heavy atom. The molecular formula is C16H19N7OS. The third-order valence-electron chi connectivity index (χ3n) is 3.61. The number of aryl methyl sites for hydroxylation is 2. The largest absolute Gasteiger partial charge is 0.324 e. The number of carbonyl (C=O) groups excluding carboxylic acids is 1. The summed E-state index contributed by atoms with van der Waals surface area (Å²) in [4.78, 5) is 13.5. The maximum Gasteiger partial charge on any atom is 0.246 e. The van der Waals surface area contributed by atoms with Crippen LogP contribution < -0.4 is 10.6 Å². The lowest BCUT2D eigenvalue weighted by molar-refractivity contribution is -0.118. The Hall–Kier alpha value is -2.65. The van der Waals surface area contributed by atoms with E-state index in [4.69, 9.17) is 0 Å². The van der Waals surface area contributed by atoms with Crippen LogP contribution in [0.2, 0.25) is 0 Å². The van der Waals surface area contributed by atoms with E-state index in [1.165, 1.54) is 11.8 Å². The number of anilines is 1. The molecule has 3 aromatic rings. The number of benzene rings is 1. The zero-order valence-corrected chi connectivity index (χ0v) is 15.0. The maximum absolute atomic E-state index is 12.5. The molecule has 25 heavy (non-hydrogen) atoms. The van der Waals surface area contributed by atoms with Crippen LogP contribution in [0, 0.1) is 0 Å². The summed E-state index contributed by atoms with van der Waals surface area (Å²) in [6, 6.07) is 7.15. The van der Waals surface area contributed by atoms with E-state index < -0.39 is 6.04 Å². The number of nitrogens with zero attached hydrogens (tertiary/aromatic N) is 5. The Bertz CT molecular complexity index is 856. The number of hydrogen-bond donors (Lipinski definition) is 2. The molecule has 1 unspecified atom stereocenters. The number of carbonyl (C=O) groups is 1. The predicted octanol–water partition coefficient (Wildman–Crippen LogP) is 1.60. The highest BCUT2D eigenvalue weighted by Gasteiger charge is 2.20. The summed E-state index contributed by atoms with van der Waals surface area (Å²) in [5.41, 5.74) is 1.55. The van der Waals surface area contributed by atoms with Gasteiger partial charge in [-0.15, -0.1) is 10.2 Å². The minimum atomic E-state index is -0.457. The number of hydrogen-bond acceptors (Lipinski definition) is 6. The van der Waals surface area contributed by atoms with Crippen molar-refractivity contribution in [1.82, 2.24) is 29.9 Å². The fourth-order valence-corrected chi connectivity index (χ4v) is 3.09. The number of amides is 1. The second-order valence-electron chi connectivity index (χ2n) is 5.51. The number of aromatic nitrogens is 5. The highest BCUT2D eigenvalue weighted by atomic mass is 32.2. The van der Waals surface area contributed by atoms with Gasteiger partial charge in [-0.3, -0.25) is 9.48 Å². The monoisotopic (exact) mass is 357 g/mol. The Kier molecular flexibility index (Phi) is 5.15. The molecule has 2 aromatic heterocycles. The molecule has 130 valence electrons. The van der Waals surface area contributed by atoms with E-state index in [-0.39, 0.29) is 5.91 Å². The molecular weight excluding hydrogens is 338 g/mol. The summed E-state index contributed by atoms with van der Waals surface area (Å²) in [6.45, 7) is 0. The number of rotatable bonds is 6. The molecule has 0 fully saturated rings. The smallest absolute Gasteiger partial charge is 0.246 e. The first kappa shape index (κ1) is 17.2. The molecule has 0 radical (unpaired) electrons. The van der Waals surface area contributed by atoms with Crippen LogP contribution in [0.25, 0.3) is 0 Å². The summed E-state index contributed by atoms with van der Waals surface area (Å²) in [6.07, 6.45) is 5.16. The van der Waals surface area contributed by atoms with E-state index in [0.29, 0.717) is 0 Å². The summed E-state index contributed by atoms with van der Waals surface area (Å²) < 4.78 is 3.53. The third kappa shape index (κ3) is 4.06. The normalized spacial score (nSPS) is 12.1. The van der Waals surface area contributed by atoms with Gasteiger partial charge in [0, 0.05) is 36.4 Å². The lowest BCUT2D eigenvalue weighted by Gasteiger charge is -2.14. The van der Waals surface area contributed by atoms with E-state index in [9.17, 15) is 4.79 Å². The number of nitrogens with one attached hydrogen (secondary N) is 2. The Balaban J connectivity index is 1.66. The van der Waals surface area contributed by atoms with Crippen molar-refractivity contribution in [3.8, 4) is 0 Å². The van der Waals surface area contributed by atoms with Crippen LogP contribution in [-0.2, 0) is 18.9 Å². The van der Waals surface area contributed by atoms with Gasteiger partial charge in [-0.25, -0.2) is 0 Å². The van der Waals surface area contributed by atoms with Crippen molar-refractivity contribution < 1.29 is 4.79 Å². The molecule has 2 N–H and O–H groups in total. The van der Waals surface area contributed by atoms with Gasteiger partial charge in [0.2, 0.25) is 5.91 Å². The molecule has 0 aliphatic rings. The molecule has 8 nitrogen and oxygen atoms in total. The van der Waals surface area contributed by atoms with Crippen molar-refractivity contribution in [2.45, 2.75) is 16.1 Å². The fraction of sp³-hybridized carbons (Fsp3) is 0.250. The minimum Gasteiger partial charge on any atom is -0.324 e. The first-order valence-corrected chi connectivity index (χ1v) is 8.47. The van der Waals surface area contributed by atoms with Crippen LogP contribution in [0.1, 0.15) is 11.6 Å². The lowest BCUT2D eigenvalue weighted by atomic mass is 10.1. The molecule has 0 aliphatic heterocycles. The zero-order chi connectivity index (χ0) is 17.8. The summed E-state index contributed by atoms with van der Waals surface area (Å²) >= 11 is 1.51. The third-order valence-corrected chi connectivity index (χ3v) is 4.67. The van der Waals surface area contributed by atoms with Crippen LogP contribution >= 0.6 is 11.8 Å². The molecule has 0 spiro atoms. The van der Waals surface area contributed by atoms with Gasteiger partial charge < -0.3 is 15.2 Å². The van der Waals surface area contributed by atoms with Crippen LogP contribution in [0.15, 0.2) is 53.0 Å². The van der Waals surface area contributed by atoms with Crippen molar-refractivity contribution in [2.24, 2.45) is 14.1 Å². The van der Waals surface area contributed by atoms with E-state index in [1.807, 2.05) is 49.1 Å². The fourth-order valence-electron chi connectivity index (χ4n) is 2.33. The molecule has 1 aromatic carbocycles. The van der Waals surface area contributed by atoms with Gasteiger partial charge in [0.15, 0.2) is 5.16 Å². The second kappa shape index (κ2) is 7.49. The van der Waals surface area contributed by atoms with Gasteiger partial charge in [-0.2, -0.15) is 5.10 Å². The molecule has 1 amide bonds. The Morgan fingerprint density at radius 1 is 1.24 bits per heavy atom. The SMILES string of the molecule is CNC(C(=O)Nc1ccc(Sc2nncn2C)cc1)c1cnn(C)c1. The Labute approximate surface area is 149 Å². The summed E-state index contributed by atoms with van der Waals surface area (Å²) in [5.74, 6) is -0.135. The van der Waals surface area contributed by atoms with Crippen molar-refractivity contribution in [1.29, 1.82) is 0 Å². The molecule has 3 rings (SSSR count). The van der Waals surface area contributed by atoms with E-state index in [1.54, 1.807) is 24.3 Å². The highest BCUT2D eigenvalue weighted by Crippen LogP contribution is 2.26. The number of likely N-dealkylation sites (N-methyl/N-ethyl adjacent to an activating group) is 1. The molecule has 0 saturated carbocycles. The van der Waals surface area contributed by atoms with Crippen LogP contribution in [0.3, 0.4) is 0 Å². The highest BCUT2D eigenvalue weighted by molar-refractivity contribution is 7.99. The quantitative estimate of drug-likeness (QED) is 0.696. The van der Waals surface area contributed by atoms with Crippen LogP contribution in [0.5, 0.6) is 0 Å². The van der Waals surface area contributed by atoms with Crippen LogP contribution in [0.4, 0.5) is 5.69 Å². The van der Waals surface area contributed by atoms with Gasteiger partial charge >= 0.3 is 0 Å². The maximum atomic E-state index is 12.5. The van der Waals surface area contributed by atoms with E-state index >= 15 is 0 Å². The van der Waals surface area contributed by atoms with Gasteiger partial charge in [-0.1, -0.05) is 0 Å². The van der Waals surface area contributed by atoms with Crippen molar-refractivity contribution in [3.63, 3.8) is 0 Å². The topological polar surface area (TPSA) is 89.7 Å². The van der Waals surface area contributed by atoms with Gasteiger partial charge in [-0.05, 0) is 43.1 Å². The van der Waals surface area contributed by atoms with Gasteiger partial charge in [0.1, 0.15) is 12.4 Å². The van der Waals surface area contributed by atoms with Crippen molar-refractivity contribution >= 4 is 23.4 Å². The molecule has 0 saturated heterocycles. The standard InChI is InChI=1S/C16H19N7OS/c1-17-14(11-8-19-23(3)9-11)15(24)20-12-4-6-13(7-5-12)25-16-21-18-10-22(16)2/h4-10,14,17H,1-3H3,(H,20,24). The first-order chi connectivity index (χ1) is 12.1. The van der Waals surface area contributed by atoms with E-state index in [2.05, 4.69) is 25.9 Å². The molecule has 0 bridgehead atoms. The first-order valence-electron chi connectivity index (χ1n) is 7.65. The summed E-state index contributed by atoms with van der Waals surface area (Å²) in [7, 11) is 5.47. The van der Waals surface area contributed by atoms with E-state index in [0.717, 1.165) is 21.3 Å². The average Bonchev–Trinajstić information content (AvgIpc) is 3.19. The molecule has 1 atom stereocenters. The molecule has 0 aliphatic carbocycles. The molecule has 9 heteroatoms. The second-order valence-corrected chi connectivity index (χ2v) is 6.55. The van der Waals surface area contributed by atoms with Crippen molar-refractivity contribution in [3.05, 3.63) is 48.5 Å². The van der Waals surface area contributed by atoms with Gasteiger partial charge in [0.05, 0.1) is 6.20 Å². The zero-order valence-electron chi connectivity index (χ0n) is 14.2. The Morgan fingerprint density at radius 2 is 2.00 bits per heavy atom. The predicted molar refractivity (Wildman–Crippen MR) is 95.2 cm³/mol. The molecule has 2 heterocycles.